The third-order valence-electron chi connectivity index (χ3n) is 4.97. The fourth-order valence-corrected chi connectivity index (χ4v) is 3.18. The van der Waals surface area contributed by atoms with Crippen molar-refractivity contribution in [3.05, 3.63) is 71.9 Å². The van der Waals surface area contributed by atoms with Crippen LogP contribution in [-0.2, 0) is 6.42 Å². The quantitative estimate of drug-likeness (QED) is 0.112. The van der Waals surface area contributed by atoms with Gasteiger partial charge >= 0.3 is 5.97 Å². The maximum Gasteiger partial charge on any atom is 0.339 e. The van der Waals surface area contributed by atoms with E-state index in [4.69, 9.17) is 10.8 Å². The van der Waals surface area contributed by atoms with Gasteiger partial charge < -0.3 is 15.9 Å². The molecule has 1 aromatic carbocycles. The summed E-state index contributed by atoms with van der Waals surface area (Å²) in [7, 11) is 0. The second kappa shape index (κ2) is 17.0. The van der Waals surface area contributed by atoms with Crippen molar-refractivity contribution in [2.75, 3.05) is 5.73 Å². The van der Waals surface area contributed by atoms with E-state index in [9.17, 15) is 9.90 Å². The van der Waals surface area contributed by atoms with Gasteiger partial charge in [-0.25, -0.2) is 4.79 Å². The highest BCUT2D eigenvalue weighted by Crippen LogP contribution is 2.27. The molecular weight excluding hydrogens is 386 g/mol. The Morgan fingerprint density at radius 2 is 1.35 bits per heavy atom. The molecule has 0 saturated heterocycles. The van der Waals surface area contributed by atoms with Gasteiger partial charge in [0.05, 0.1) is 5.69 Å². The van der Waals surface area contributed by atoms with Crippen molar-refractivity contribution in [2.45, 2.75) is 77.6 Å². The van der Waals surface area contributed by atoms with Gasteiger partial charge in [0.2, 0.25) is 0 Å². The van der Waals surface area contributed by atoms with Gasteiger partial charge in [-0.15, -0.1) is 0 Å². The average molecular weight is 426 g/mol. The Morgan fingerprint density at radius 1 is 0.839 bits per heavy atom. The number of nitrogens with two attached hydrogens (primary N) is 1. The Kier molecular flexibility index (Phi) is 14.4. The minimum absolute atomic E-state index is 0.121. The van der Waals surface area contributed by atoms with E-state index < -0.39 is 5.97 Å². The normalized spacial score (nSPS) is 12.2. The van der Waals surface area contributed by atoms with Crippen LogP contribution in [0, 0.1) is 0 Å². The van der Waals surface area contributed by atoms with Crippen LogP contribution >= 0.6 is 0 Å². The van der Waals surface area contributed by atoms with Crippen molar-refractivity contribution in [1.29, 1.82) is 0 Å². The number of carboxylic acids is 1. The molecule has 0 heterocycles. The number of hydrogen-bond acceptors (Lipinski definition) is 3. The molecule has 0 amide bonds. The van der Waals surface area contributed by atoms with Crippen LogP contribution in [0.1, 0.15) is 87.1 Å². The number of aryl methyl sites for hydroxylation is 1. The number of nitrogen functional groups attached to an aromatic ring is 1. The Morgan fingerprint density at radius 3 is 1.87 bits per heavy atom. The molecule has 31 heavy (non-hydrogen) atoms. The lowest BCUT2D eigenvalue weighted by Crippen LogP contribution is -2.01. The Hall–Kier alpha value is -2.75. The molecule has 1 rings (SSSR count). The van der Waals surface area contributed by atoms with E-state index in [2.05, 4.69) is 55.5 Å². The number of unbranched alkanes of at least 4 members (excludes halogenated alkanes) is 5. The number of benzene rings is 1. The second-order valence-electron chi connectivity index (χ2n) is 7.72. The molecule has 0 aliphatic heterocycles. The molecule has 0 atom stereocenters. The van der Waals surface area contributed by atoms with Gasteiger partial charge in [0.15, 0.2) is 5.75 Å². The molecule has 0 bridgehead atoms. The summed E-state index contributed by atoms with van der Waals surface area (Å²) in [6.45, 7) is 2.23. The van der Waals surface area contributed by atoms with Crippen LogP contribution in [0.2, 0.25) is 0 Å². The van der Waals surface area contributed by atoms with Gasteiger partial charge in [-0.05, 0) is 75.5 Å². The summed E-state index contributed by atoms with van der Waals surface area (Å²) in [5.41, 5.74) is 6.53. The van der Waals surface area contributed by atoms with E-state index in [1.54, 1.807) is 6.07 Å². The van der Waals surface area contributed by atoms with Crippen molar-refractivity contribution in [3.8, 4) is 5.75 Å². The Bertz CT molecular complexity index is 760. The third kappa shape index (κ3) is 12.5. The van der Waals surface area contributed by atoms with Gasteiger partial charge in [0.1, 0.15) is 5.56 Å². The molecular formula is C27H39NO3. The molecule has 0 aliphatic carbocycles. The lowest BCUT2D eigenvalue weighted by Gasteiger charge is -2.07. The summed E-state index contributed by atoms with van der Waals surface area (Å²) in [5, 5.41) is 18.8. The number of rotatable bonds is 16. The summed E-state index contributed by atoms with van der Waals surface area (Å²) < 4.78 is 0. The summed E-state index contributed by atoms with van der Waals surface area (Å²) in [4.78, 5) is 11.1. The molecule has 1 aromatic rings. The van der Waals surface area contributed by atoms with Crippen LogP contribution in [0.4, 0.5) is 5.69 Å². The predicted octanol–water partition coefficient (Wildman–Crippen LogP) is 7.36. The maximum absolute atomic E-state index is 11.1. The van der Waals surface area contributed by atoms with Crippen molar-refractivity contribution in [3.63, 3.8) is 0 Å². The monoisotopic (exact) mass is 425 g/mol. The maximum atomic E-state index is 11.1. The number of hydrogen-bond donors (Lipinski definition) is 3. The van der Waals surface area contributed by atoms with E-state index in [0.29, 0.717) is 0 Å². The second-order valence-corrected chi connectivity index (χ2v) is 7.72. The van der Waals surface area contributed by atoms with Crippen LogP contribution < -0.4 is 5.73 Å². The lowest BCUT2D eigenvalue weighted by atomic mass is 10.0. The first-order valence-electron chi connectivity index (χ1n) is 11.5. The molecule has 4 nitrogen and oxygen atoms in total. The van der Waals surface area contributed by atoms with Crippen LogP contribution in [0.25, 0.3) is 0 Å². The number of aromatic hydroxyl groups is 1. The fraction of sp³-hybridized carbons (Fsp3) is 0.444. The van der Waals surface area contributed by atoms with E-state index in [0.717, 1.165) is 50.5 Å². The van der Waals surface area contributed by atoms with Crippen LogP contribution in [0.15, 0.2) is 60.7 Å². The highest BCUT2D eigenvalue weighted by molar-refractivity contribution is 5.93. The van der Waals surface area contributed by atoms with Crippen molar-refractivity contribution >= 4 is 11.7 Å². The van der Waals surface area contributed by atoms with Gasteiger partial charge in [-0.2, -0.15) is 0 Å². The number of phenols is 1. The molecule has 4 N–H and O–H groups in total. The average Bonchev–Trinajstić information content (AvgIpc) is 2.75. The molecule has 4 heteroatoms. The smallest absolute Gasteiger partial charge is 0.339 e. The first-order valence-corrected chi connectivity index (χ1v) is 11.5. The topological polar surface area (TPSA) is 83.5 Å². The summed E-state index contributed by atoms with van der Waals surface area (Å²) in [6, 6.07) is 3.16. The fourth-order valence-electron chi connectivity index (χ4n) is 3.18. The minimum atomic E-state index is -1.16. The predicted molar refractivity (Wildman–Crippen MR) is 132 cm³/mol. The molecule has 0 fully saturated rings. The SMILES string of the molecule is CCCCC/C=C\C/C=C\C/C=C\C/C=C\CCCCc1cc(N)c(O)c(C(=O)O)c1. The van der Waals surface area contributed by atoms with Gasteiger partial charge in [-0.1, -0.05) is 68.4 Å². The van der Waals surface area contributed by atoms with Gasteiger partial charge in [0.25, 0.3) is 0 Å². The van der Waals surface area contributed by atoms with Crippen molar-refractivity contribution in [1.82, 2.24) is 0 Å². The Labute approximate surface area is 187 Å². The zero-order chi connectivity index (χ0) is 22.7. The molecule has 0 aliphatic rings. The summed E-state index contributed by atoms with van der Waals surface area (Å²) in [6.07, 6.45) is 29.5. The number of carbonyl (C=O) groups is 1. The molecule has 0 unspecified atom stereocenters. The highest BCUT2D eigenvalue weighted by Gasteiger charge is 2.13. The standard InChI is InChI=1S/C27H39NO3/c1-2-3-4-5-6-7-8-9-10-11-12-13-14-15-16-17-18-19-20-23-21-24(27(30)31)26(29)25(28)22-23/h6-7,9-10,12-13,15-16,21-22,29H,2-5,8,11,14,17-20,28H2,1H3,(H,30,31)/b7-6-,10-9-,13-12-,16-15-. The lowest BCUT2D eigenvalue weighted by molar-refractivity contribution is 0.0693. The van der Waals surface area contributed by atoms with Crippen molar-refractivity contribution < 1.29 is 15.0 Å². The summed E-state index contributed by atoms with van der Waals surface area (Å²) >= 11 is 0. The third-order valence-corrected chi connectivity index (χ3v) is 4.97. The van der Waals surface area contributed by atoms with E-state index >= 15 is 0 Å². The van der Waals surface area contributed by atoms with E-state index in [-0.39, 0.29) is 17.0 Å². The molecule has 0 saturated carbocycles. The number of aromatic carboxylic acids is 1. The Balaban J connectivity index is 2.10. The van der Waals surface area contributed by atoms with E-state index in [1.165, 1.54) is 31.7 Å². The number of anilines is 1. The molecule has 0 spiro atoms. The van der Waals surface area contributed by atoms with Crippen LogP contribution in [0.5, 0.6) is 5.75 Å². The van der Waals surface area contributed by atoms with Crippen LogP contribution in [0.3, 0.4) is 0 Å². The van der Waals surface area contributed by atoms with Gasteiger partial charge in [-0.3, -0.25) is 0 Å². The zero-order valence-corrected chi connectivity index (χ0v) is 18.9. The van der Waals surface area contributed by atoms with E-state index in [1.807, 2.05) is 0 Å². The highest BCUT2D eigenvalue weighted by atomic mass is 16.4. The van der Waals surface area contributed by atoms with Crippen molar-refractivity contribution in [2.24, 2.45) is 0 Å². The molecule has 0 radical (unpaired) electrons. The van der Waals surface area contributed by atoms with Crippen LogP contribution in [-0.4, -0.2) is 16.2 Å². The first-order chi connectivity index (χ1) is 15.1. The molecule has 170 valence electrons. The summed E-state index contributed by atoms with van der Waals surface area (Å²) in [5.74, 6) is -1.51. The number of carboxylic acid groups (broad SMARTS) is 1. The first kappa shape index (κ1) is 26.3. The zero-order valence-electron chi connectivity index (χ0n) is 18.9. The molecule has 0 aromatic heterocycles. The largest absolute Gasteiger partial charge is 0.505 e. The van der Waals surface area contributed by atoms with Gasteiger partial charge in [0, 0.05) is 0 Å². The number of allylic oxidation sites excluding steroid dienone is 8. The minimum Gasteiger partial charge on any atom is -0.505 e.